The van der Waals surface area contributed by atoms with E-state index in [9.17, 15) is 18.5 Å². The molecule has 2 N–H and O–H groups in total. The van der Waals surface area contributed by atoms with Crippen LogP contribution in [0.1, 0.15) is 0 Å². The summed E-state index contributed by atoms with van der Waals surface area (Å²) in [5.41, 5.74) is -0.281. The Hall–Kier alpha value is -1.71. The van der Waals surface area contributed by atoms with E-state index in [2.05, 4.69) is 10.0 Å². The zero-order valence-electron chi connectivity index (χ0n) is 10.5. The first-order valence-electron chi connectivity index (χ1n) is 5.39. The highest BCUT2D eigenvalue weighted by Gasteiger charge is 2.20. The highest BCUT2D eigenvalue weighted by Crippen LogP contribution is 2.29. The Labute approximate surface area is 111 Å². The molecule has 106 valence electrons. The van der Waals surface area contributed by atoms with Crippen molar-refractivity contribution in [2.24, 2.45) is 0 Å². The molecule has 0 fully saturated rings. The summed E-state index contributed by atoms with van der Waals surface area (Å²) in [6.07, 6.45) is 0. The van der Waals surface area contributed by atoms with Crippen molar-refractivity contribution in [3.05, 3.63) is 28.3 Å². The fourth-order valence-electron chi connectivity index (χ4n) is 1.37. The predicted molar refractivity (Wildman–Crippen MR) is 68.8 cm³/mol. The number of rotatable bonds is 7. The van der Waals surface area contributed by atoms with Gasteiger partial charge in [0.15, 0.2) is 5.75 Å². The minimum Gasteiger partial charge on any atom is -0.490 e. The molecule has 19 heavy (non-hydrogen) atoms. The molecule has 0 aromatic heterocycles. The van der Waals surface area contributed by atoms with Crippen molar-refractivity contribution < 1.29 is 18.1 Å². The first kappa shape index (κ1) is 15.3. The molecule has 0 heterocycles. The molecule has 0 atom stereocenters. The third-order valence-electron chi connectivity index (χ3n) is 2.33. The summed E-state index contributed by atoms with van der Waals surface area (Å²) in [7, 11) is -0.759. The van der Waals surface area contributed by atoms with Gasteiger partial charge in [0.25, 0.3) is 0 Å². The SMILES string of the molecule is CNCCNS(=O)(=O)c1ccc([N+](=O)[O-])c(OC)c1. The molecule has 0 spiro atoms. The standard InChI is InChI=1S/C10H15N3O5S/c1-11-5-6-12-19(16,17)8-3-4-9(13(14)15)10(7-8)18-2/h3-4,7,11-12H,5-6H2,1-2H3. The van der Waals surface area contributed by atoms with Crippen LogP contribution in [0.3, 0.4) is 0 Å². The maximum absolute atomic E-state index is 11.9. The van der Waals surface area contributed by atoms with Gasteiger partial charge < -0.3 is 10.1 Å². The van der Waals surface area contributed by atoms with Crippen molar-refractivity contribution in [2.75, 3.05) is 27.2 Å². The Bertz CT molecular complexity index is 558. The largest absolute Gasteiger partial charge is 0.490 e. The van der Waals surface area contributed by atoms with E-state index in [0.29, 0.717) is 6.54 Å². The van der Waals surface area contributed by atoms with Crippen molar-refractivity contribution in [1.82, 2.24) is 10.0 Å². The number of benzene rings is 1. The fourth-order valence-corrected chi connectivity index (χ4v) is 2.42. The van der Waals surface area contributed by atoms with Crippen LogP contribution in [-0.4, -0.2) is 40.6 Å². The van der Waals surface area contributed by atoms with E-state index in [1.165, 1.54) is 13.2 Å². The van der Waals surface area contributed by atoms with E-state index in [0.717, 1.165) is 12.1 Å². The molecule has 0 saturated carbocycles. The van der Waals surface area contributed by atoms with E-state index < -0.39 is 14.9 Å². The maximum Gasteiger partial charge on any atom is 0.310 e. The number of sulfonamides is 1. The molecule has 0 unspecified atom stereocenters. The zero-order valence-corrected chi connectivity index (χ0v) is 11.4. The van der Waals surface area contributed by atoms with E-state index in [1.54, 1.807) is 7.05 Å². The second kappa shape index (κ2) is 6.45. The Morgan fingerprint density at radius 3 is 2.58 bits per heavy atom. The highest BCUT2D eigenvalue weighted by atomic mass is 32.2. The normalized spacial score (nSPS) is 11.3. The van der Waals surface area contributed by atoms with Crippen LogP contribution in [0.4, 0.5) is 5.69 Å². The van der Waals surface area contributed by atoms with Gasteiger partial charge in [0.1, 0.15) is 0 Å². The van der Waals surface area contributed by atoms with Crippen molar-refractivity contribution in [2.45, 2.75) is 4.90 Å². The van der Waals surface area contributed by atoms with Crippen LogP contribution in [-0.2, 0) is 10.0 Å². The van der Waals surface area contributed by atoms with E-state index >= 15 is 0 Å². The quantitative estimate of drug-likeness (QED) is 0.418. The summed E-state index contributed by atoms with van der Waals surface area (Å²) >= 11 is 0. The molecular formula is C10H15N3O5S. The van der Waals surface area contributed by atoms with Crippen LogP contribution < -0.4 is 14.8 Å². The van der Waals surface area contributed by atoms with Crippen LogP contribution in [0.2, 0.25) is 0 Å². The summed E-state index contributed by atoms with van der Waals surface area (Å²) in [6.45, 7) is 0.696. The number of hydrogen-bond acceptors (Lipinski definition) is 6. The number of likely N-dealkylation sites (N-methyl/N-ethyl adjacent to an activating group) is 1. The van der Waals surface area contributed by atoms with Gasteiger partial charge in [-0.25, -0.2) is 13.1 Å². The second-order valence-electron chi connectivity index (χ2n) is 3.59. The van der Waals surface area contributed by atoms with Crippen LogP contribution in [0.5, 0.6) is 5.75 Å². The molecule has 0 radical (unpaired) electrons. The Kier molecular flexibility index (Phi) is 5.21. The molecule has 1 aromatic carbocycles. The average molecular weight is 289 g/mol. The van der Waals surface area contributed by atoms with Crippen LogP contribution in [0.25, 0.3) is 0 Å². The molecule has 8 nitrogen and oxygen atoms in total. The number of nitro groups is 1. The Morgan fingerprint density at radius 1 is 1.37 bits per heavy atom. The lowest BCUT2D eigenvalue weighted by atomic mass is 10.3. The number of ether oxygens (including phenoxy) is 1. The molecule has 0 amide bonds. The fraction of sp³-hybridized carbons (Fsp3) is 0.400. The Balaban J connectivity index is 3.05. The molecule has 1 rings (SSSR count). The van der Waals surface area contributed by atoms with Gasteiger partial charge in [0.2, 0.25) is 10.0 Å². The van der Waals surface area contributed by atoms with Gasteiger partial charge in [0, 0.05) is 25.2 Å². The molecule has 0 aliphatic heterocycles. The number of nitrogens with one attached hydrogen (secondary N) is 2. The summed E-state index contributed by atoms with van der Waals surface area (Å²) < 4.78 is 31.0. The van der Waals surface area contributed by atoms with Crippen LogP contribution in [0.15, 0.2) is 23.1 Å². The average Bonchev–Trinajstić information content (AvgIpc) is 2.38. The van der Waals surface area contributed by atoms with Gasteiger partial charge >= 0.3 is 5.69 Å². The van der Waals surface area contributed by atoms with E-state index in [1.807, 2.05) is 0 Å². The molecule has 1 aromatic rings. The lowest BCUT2D eigenvalue weighted by Crippen LogP contribution is -2.30. The number of hydrogen-bond donors (Lipinski definition) is 2. The van der Waals surface area contributed by atoms with Crippen LogP contribution in [0, 0.1) is 10.1 Å². The number of nitro benzene ring substituents is 1. The van der Waals surface area contributed by atoms with E-state index in [4.69, 9.17) is 4.74 Å². The molecular weight excluding hydrogens is 274 g/mol. The lowest BCUT2D eigenvalue weighted by Gasteiger charge is -2.08. The van der Waals surface area contributed by atoms with Crippen molar-refractivity contribution in [3.8, 4) is 5.75 Å². The van der Waals surface area contributed by atoms with Crippen molar-refractivity contribution in [3.63, 3.8) is 0 Å². The first-order chi connectivity index (χ1) is 8.92. The molecule has 9 heteroatoms. The van der Waals surface area contributed by atoms with Gasteiger partial charge in [0.05, 0.1) is 16.9 Å². The predicted octanol–water partition coefficient (Wildman–Crippen LogP) is 0.101. The third kappa shape index (κ3) is 3.88. The summed E-state index contributed by atoms with van der Waals surface area (Å²) in [6, 6.07) is 3.40. The minimum absolute atomic E-state index is 0.0777. The van der Waals surface area contributed by atoms with Crippen molar-refractivity contribution in [1.29, 1.82) is 0 Å². The summed E-state index contributed by atoms with van der Waals surface area (Å²) in [5.74, 6) is -0.0958. The summed E-state index contributed by atoms with van der Waals surface area (Å²) in [4.78, 5) is 9.99. The number of methoxy groups -OCH3 is 1. The molecule has 0 bridgehead atoms. The number of nitrogens with zero attached hydrogens (tertiary/aromatic N) is 1. The lowest BCUT2D eigenvalue weighted by molar-refractivity contribution is -0.385. The van der Waals surface area contributed by atoms with Gasteiger partial charge in [-0.3, -0.25) is 10.1 Å². The van der Waals surface area contributed by atoms with E-state index in [-0.39, 0.29) is 22.9 Å². The molecule has 0 saturated heterocycles. The highest BCUT2D eigenvalue weighted by molar-refractivity contribution is 7.89. The smallest absolute Gasteiger partial charge is 0.310 e. The van der Waals surface area contributed by atoms with Gasteiger partial charge in [-0.05, 0) is 13.1 Å². The second-order valence-corrected chi connectivity index (χ2v) is 5.36. The summed E-state index contributed by atoms with van der Waals surface area (Å²) in [5, 5.41) is 13.5. The molecule has 0 aliphatic carbocycles. The third-order valence-corrected chi connectivity index (χ3v) is 3.78. The monoisotopic (exact) mass is 289 g/mol. The van der Waals surface area contributed by atoms with Gasteiger partial charge in [-0.15, -0.1) is 0 Å². The maximum atomic E-state index is 11.9. The topological polar surface area (TPSA) is 111 Å². The minimum atomic E-state index is -3.70. The van der Waals surface area contributed by atoms with Crippen molar-refractivity contribution >= 4 is 15.7 Å². The van der Waals surface area contributed by atoms with Crippen LogP contribution >= 0.6 is 0 Å². The molecule has 0 aliphatic rings. The first-order valence-corrected chi connectivity index (χ1v) is 6.87. The van der Waals surface area contributed by atoms with Gasteiger partial charge in [-0.2, -0.15) is 0 Å². The zero-order chi connectivity index (χ0) is 14.5. The Morgan fingerprint density at radius 2 is 2.05 bits per heavy atom. The van der Waals surface area contributed by atoms with Gasteiger partial charge in [-0.1, -0.05) is 0 Å².